The number of thiazole rings is 1. The molecule has 0 aliphatic heterocycles. The summed E-state index contributed by atoms with van der Waals surface area (Å²) in [6.07, 6.45) is 1.36. The quantitative estimate of drug-likeness (QED) is 0.588. The van der Waals surface area contributed by atoms with Crippen LogP contribution in [0.15, 0.2) is 77.0 Å². The van der Waals surface area contributed by atoms with Crippen LogP contribution in [0.5, 0.6) is 0 Å². The number of rotatable bonds is 4. The third-order valence-electron chi connectivity index (χ3n) is 4.41. The fraction of sp³-hybridized carbons (Fsp3) is 0.0952. The summed E-state index contributed by atoms with van der Waals surface area (Å²) in [5.41, 5.74) is 2.28. The van der Waals surface area contributed by atoms with E-state index in [9.17, 15) is 9.59 Å². The van der Waals surface area contributed by atoms with Crippen LogP contribution in [-0.4, -0.2) is 15.3 Å². The maximum absolute atomic E-state index is 13.0. The highest BCUT2D eigenvalue weighted by Gasteiger charge is 2.18. The molecule has 4 aromatic rings. The van der Waals surface area contributed by atoms with Gasteiger partial charge in [-0.3, -0.25) is 14.0 Å². The Morgan fingerprint density at radius 2 is 1.74 bits per heavy atom. The van der Waals surface area contributed by atoms with Gasteiger partial charge >= 0.3 is 0 Å². The maximum Gasteiger partial charge on any atom is 0.271 e. The summed E-state index contributed by atoms with van der Waals surface area (Å²) in [5.74, 6) is -0.427. The number of nitrogens with one attached hydrogen (secondary N) is 1. The fourth-order valence-electron chi connectivity index (χ4n) is 2.96. The van der Waals surface area contributed by atoms with Crippen molar-refractivity contribution in [2.24, 2.45) is 0 Å². The molecule has 0 aliphatic carbocycles. The van der Waals surface area contributed by atoms with E-state index in [1.807, 2.05) is 73.0 Å². The number of carbonyl (C=O) groups excluding carboxylic acids is 1. The van der Waals surface area contributed by atoms with Crippen LogP contribution in [0.2, 0.25) is 0 Å². The lowest BCUT2D eigenvalue weighted by Gasteiger charge is -2.14. The Morgan fingerprint density at radius 3 is 2.44 bits per heavy atom. The lowest BCUT2D eigenvalue weighted by molar-refractivity contribution is 0.0938. The second-order valence-electron chi connectivity index (χ2n) is 6.19. The van der Waals surface area contributed by atoms with Crippen molar-refractivity contribution in [2.75, 3.05) is 0 Å². The van der Waals surface area contributed by atoms with Gasteiger partial charge in [-0.25, -0.2) is 4.98 Å². The minimum Gasteiger partial charge on any atom is -0.345 e. The first-order valence-corrected chi connectivity index (χ1v) is 9.43. The number of carbonyl (C=O) groups is 1. The Bertz CT molecular complexity index is 1150. The molecule has 0 radical (unpaired) electrons. The van der Waals surface area contributed by atoms with E-state index in [4.69, 9.17) is 0 Å². The summed E-state index contributed by atoms with van der Waals surface area (Å²) in [4.78, 5) is 30.6. The SMILES string of the molecule is C[C@@H](NC(=O)c1cnc2scc(-c3ccccc3)n2c1=O)c1ccccc1. The first-order chi connectivity index (χ1) is 13.1. The average molecular weight is 375 g/mol. The molecule has 0 saturated heterocycles. The molecule has 1 atom stereocenters. The highest BCUT2D eigenvalue weighted by Crippen LogP contribution is 2.23. The van der Waals surface area contributed by atoms with Crippen LogP contribution in [0, 0.1) is 0 Å². The van der Waals surface area contributed by atoms with E-state index in [-0.39, 0.29) is 17.2 Å². The maximum atomic E-state index is 13.0. The van der Waals surface area contributed by atoms with Gasteiger partial charge in [-0.15, -0.1) is 11.3 Å². The predicted molar refractivity (Wildman–Crippen MR) is 107 cm³/mol. The number of benzene rings is 2. The predicted octanol–water partition coefficient (Wildman–Crippen LogP) is 3.91. The first kappa shape index (κ1) is 17.2. The highest BCUT2D eigenvalue weighted by atomic mass is 32.1. The lowest BCUT2D eigenvalue weighted by Crippen LogP contribution is -2.33. The van der Waals surface area contributed by atoms with Crippen molar-refractivity contribution in [3.05, 3.63) is 93.7 Å². The second-order valence-corrected chi connectivity index (χ2v) is 7.02. The lowest BCUT2D eigenvalue weighted by atomic mass is 10.1. The number of hydrogen-bond acceptors (Lipinski definition) is 4. The molecule has 27 heavy (non-hydrogen) atoms. The van der Waals surface area contributed by atoms with Crippen LogP contribution in [0.1, 0.15) is 28.9 Å². The van der Waals surface area contributed by atoms with E-state index in [0.717, 1.165) is 16.8 Å². The third kappa shape index (κ3) is 3.27. The summed E-state index contributed by atoms with van der Waals surface area (Å²) in [7, 11) is 0. The molecular weight excluding hydrogens is 358 g/mol. The van der Waals surface area contributed by atoms with Gasteiger partial charge in [0.05, 0.1) is 11.7 Å². The van der Waals surface area contributed by atoms with E-state index in [1.54, 1.807) is 0 Å². The molecule has 1 N–H and O–H groups in total. The Morgan fingerprint density at radius 1 is 1.07 bits per heavy atom. The smallest absolute Gasteiger partial charge is 0.271 e. The largest absolute Gasteiger partial charge is 0.345 e. The molecule has 0 aliphatic rings. The van der Waals surface area contributed by atoms with E-state index < -0.39 is 5.91 Å². The molecule has 2 aromatic heterocycles. The zero-order chi connectivity index (χ0) is 18.8. The molecule has 4 rings (SSSR count). The summed E-state index contributed by atoms with van der Waals surface area (Å²) in [6.45, 7) is 1.89. The van der Waals surface area contributed by atoms with E-state index in [2.05, 4.69) is 10.3 Å². The zero-order valence-corrected chi connectivity index (χ0v) is 15.4. The van der Waals surface area contributed by atoms with Gasteiger partial charge in [0.15, 0.2) is 4.96 Å². The zero-order valence-electron chi connectivity index (χ0n) is 14.6. The van der Waals surface area contributed by atoms with E-state index >= 15 is 0 Å². The van der Waals surface area contributed by atoms with Crippen molar-refractivity contribution in [1.29, 1.82) is 0 Å². The number of amides is 1. The molecule has 0 fully saturated rings. The summed E-state index contributed by atoms with van der Waals surface area (Å²) in [6, 6.07) is 19.0. The molecule has 0 saturated carbocycles. The molecule has 134 valence electrons. The number of aromatic nitrogens is 2. The van der Waals surface area contributed by atoms with Gasteiger partial charge < -0.3 is 5.32 Å². The number of fused-ring (bicyclic) bond motifs is 1. The van der Waals surface area contributed by atoms with Crippen molar-refractivity contribution >= 4 is 22.2 Å². The van der Waals surface area contributed by atoms with Crippen molar-refractivity contribution in [3.63, 3.8) is 0 Å². The molecule has 6 heteroatoms. The average Bonchev–Trinajstić information content (AvgIpc) is 3.14. The second kappa shape index (κ2) is 7.17. The van der Waals surface area contributed by atoms with Crippen LogP contribution in [0.3, 0.4) is 0 Å². The molecule has 0 bridgehead atoms. The standard InChI is InChI=1S/C21H17N3O2S/c1-14(15-8-4-2-5-9-15)23-19(25)17-12-22-21-24(20(17)26)18(13-27-21)16-10-6-3-7-11-16/h2-14H,1H3,(H,23,25)/t14-/m1/s1. The molecule has 0 spiro atoms. The normalized spacial score (nSPS) is 12.0. The monoisotopic (exact) mass is 375 g/mol. The van der Waals surface area contributed by atoms with E-state index in [0.29, 0.717) is 4.96 Å². The van der Waals surface area contributed by atoms with Crippen molar-refractivity contribution in [3.8, 4) is 11.3 Å². The molecule has 2 aromatic carbocycles. The fourth-order valence-corrected chi connectivity index (χ4v) is 3.82. The van der Waals surface area contributed by atoms with Gasteiger partial charge in [-0.1, -0.05) is 60.7 Å². The van der Waals surface area contributed by atoms with Gasteiger partial charge in [-0.05, 0) is 18.1 Å². The molecule has 1 amide bonds. The highest BCUT2D eigenvalue weighted by molar-refractivity contribution is 7.15. The minimum absolute atomic E-state index is 0.0332. The van der Waals surface area contributed by atoms with Gasteiger partial charge in [0.1, 0.15) is 5.56 Å². The van der Waals surface area contributed by atoms with Gasteiger partial charge in [0.2, 0.25) is 0 Å². The molecule has 5 nitrogen and oxygen atoms in total. The third-order valence-corrected chi connectivity index (χ3v) is 5.25. The Labute approximate surface area is 160 Å². The van der Waals surface area contributed by atoms with Crippen LogP contribution in [0.4, 0.5) is 0 Å². The minimum atomic E-state index is -0.427. The molecule has 2 heterocycles. The van der Waals surface area contributed by atoms with Crippen LogP contribution in [0.25, 0.3) is 16.2 Å². The van der Waals surface area contributed by atoms with Crippen molar-refractivity contribution in [1.82, 2.24) is 14.7 Å². The van der Waals surface area contributed by atoms with Crippen LogP contribution < -0.4 is 10.9 Å². The van der Waals surface area contributed by atoms with Crippen LogP contribution >= 0.6 is 11.3 Å². The van der Waals surface area contributed by atoms with Crippen molar-refractivity contribution in [2.45, 2.75) is 13.0 Å². The summed E-state index contributed by atoms with van der Waals surface area (Å²) < 4.78 is 1.50. The Kier molecular flexibility index (Phi) is 4.56. The van der Waals surface area contributed by atoms with Crippen molar-refractivity contribution < 1.29 is 4.79 Å². The number of hydrogen-bond donors (Lipinski definition) is 1. The summed E-state index contributed by atoms with van der Waals surface area (Å²) in [5, 5.41) is 4.76. The Hall–Kier alpha value is -3.25. The number of nitrogens with zero attached hydrogens (tertiary/aromatic N) is 2. The van der Waals surface area contributed by atoms with Gasteiger partial charge in [-0.2, -0.15) is 0 Å². The summed E-state index contributed by atoms with van der Waals surface area (Å²) >= 11 is 1.37. The molecular formula is C21H17N3O2S. The first-order valence-electron chi connectivity index (χ1n) is 8.55. The Balaban J connectivity index is 1.71. The molecule has 0 unspecified atom stereocenters. The van der Waals surface area contributed by atoms with Crippen LogP contribution in [-0.2, 0) is 0 Å². The topological polar surface area (TPSA) is 63.5 Å². The van der Waals surface area contributed by atoms with E-state index in [1.165, 1.54) is 21.9 Å². The van der Waals surface area contributed by atoms with Gasteiger partial charge in [0, 0.05) is 11.6 Å². The van der Waals surface area contributed by atoms with Gasteiger partial charge in [0.25, 0.3) is 11.5 Å².